The number of Topliss-reactive ketones (excluding diaryl/α,β-unsaturated/α-hetero) is 1. The van der Waals surface area contributed by atoms with Crippen LogP contribution in [-0.4, -0.2) is 47.1 Å². The summed E-state index contributed by atoms with van der Waals surface area (Å²) in [4.78, 5) is 22.0. The van der Waals surface area contributed by atoms with E-state index in [9.17, 15) is 4.79 Å². The summed E-state index contributed by atoms with van der Waals surface area (Å²) in [6, 6.07) is 8.30. The Morgan fingerprint density at radius 3 is 2.91 bits per heavy atom. The van der Waals surface area contributed by atoms with Crippen LogP contribution < -0.4 is 10.6 Å². The van der Waals surface area contributed by atoms with Crippen molar-refractivity contribution in [3.8, 4) is 11.3 Å². The molecule has 0 aliphatic carbocycles. The zero-order valence-corrected chi connectivity index (χ0v) is 20.6. The van der Waals surface area contributed by atoms with Crippen LogP contribution in [0.5, 0.6) is 0 Å². The lowest BCUT2D eigenvalue weighted by Crippen LogP contribution is -2.40. The fraction of sp³-hybridized carbons (Fsp3) is 0.577. The molecule has 3 atom stereocenters. The molecule has 6 nitrogen and oxygen atoms in total. The molecule has 0 radical (unpaired) electrons. The van der Waals surface area contributed by atoms with Crippen molar-refractivity contribution in [3.05, 3.63) is 41.2 Å². The summed E-state index contributed by atoms with van der Waals surface area (Å²) in [5.41, 5.74) is 2.26. The number of halogens is 1. The Bertz CT molecular complexity index is 973. The summed E-state index contributed by atoms with van der Waals surface area (Å²) in [5.74, 6) is 1.67. The van der Waals surface area contributed by atoms with Gasteiger partial charge in [-0.3, -0.25) is 9.78 Å². The van der Waals surface area contributed by atoms with Gasteiger partial charge in [0, 0.05) is 55.5 Å². The highest BCUT2D eigenvalue weighted by Gasteiger charge is 2.28. The van der Waals surface area contributed by atoms with E-state index in [1.54, 1.807) is 6.20 Å². The molecule has 33 heavy (non-hydrogen) atoms. The van der Waals surface area contributed by atoms with Gasteiger partial charge in [0.25, 0.3) is 0 Å². The molecule has 0 bridgehead atoms. The number of rotatable bonds is 7. The van der Waals surface area contributed by atoms with Crippen LogP contribution in [0, 0.1) is 11.8 Å². The summed E-state index contributed by atoms with van der Waals surface area (Å²) in [5, 5.41) is 7.43. The molecule has 2 saturated heterocycles. The van der Waals surface area contributed by atoms with E-state index in [1.165, 1.54) is 0 Å². The minimum absolute atomic E-state index is 0.0583. The zero-order valence-electron chi connectivity index (χ0n) is 19.9. The maximum Gasteiger partial charge on any atom is 0.143 e. The highest BCUT2D eigenvalue weighted by molar-refractivity contribution is 6.33. The van der Waals surface area contributed by atoms with Crippen LogP contribution in [0.4, 0.5) is 5.82 Å². The first-order valence-electron chi connectivity index (χ1n) is 12.0. The fourth-order valence-corrected chi connectivity index (χ4v) is 5.04. The third-order valence-electron chi connectivity index (χ3n) is 6.78. The molecule has 2 aliphatic rings. The van der Waals surface area contributed by atoms with Crippen LogP contribution in [0.2, 0.25) is 5.02 Å². The van der Waals surface area contributed by atoms with Crippen molar-refractivity contribution < 1.29 is 9.53 Å². The Morgan fingerprint density at radius 1 is 1.30 bits per heavy atom. The first-order chi connectivity index (χ1) is 15.8. The predicted octanol–water partition coefficient (Wildman–Crippen LogP) is 4.91. The maximum atomic E-state index is 12.8. The number of nitrogens with one attached hydrogen (secondary N) is 2. The van der Waals surface area contributed by atoms with Crippen molar-refractivity contribution in [2.24, 2.45) is 11.8 Å². The van der Waals surface area contributed by atoms with Gasteiger partial charge in [0.2, 0.25) is 0 Å². The Hall–Kier alpha value is -2.02. The van der Waals surface area contributed by atoms with Gasteiger partial charge in [-0.1, -0.05) is 17.7 Å². The van der Waals surface area contributed by atoms with Crippen molar-refractivity contribution in [1.29, 1.82) is 0 Å². The second kappa shape index (κ2) is 10.5. The molecule has 0 spiro atoms. The molecule has 2 aromatic heterocycles. The van der Waals surface area contributed by atoms with Crippen molar-refractivity contribution in [1.82, 2.24) is 15.3 Å². The van der Waals surface area contributed by atoms with Gasteiger partial charge in [-0.2, -0.15) is 0 Å². The van der Waals surface area contributed by atoms with Crippen molar-refractivity contribution in [2.75, 3.05) is 25.0 Å². The van der Waals surface area contributed by atoms with Crippen LogP contribution in [0.1, 0.15) is 52.1 Å². The van der Waals surface area contributed by atoms with E-state index >= 15 is 0 Å². The summed E-state index contributed by atoms with van der Waals surface area (Å²) in [6.45, 7) is 8.88. The quantitative estimate of drug-likeness (QED) is 0.598. The molecule has 7 heteroatoms. The smallest absolute Gasteiger partial charge is 0.143 e. The van der Waals surface area contributed by atoms with Gasteiger partial charge in [-0.25, -0.2) is 4.98 Å². The van der Waals surface area contributed by atoms with Crippen LogP contribution in [0.3, 0.4) is 0 Å². The summed E-state index contributed by atoms with van der Waals surface area (Å²) < 4.78 is 5.83. The zero-order chi connectivity index (χ0) is 23.4. The number of hydrogen-bond donors (Lipinski definition) is 2. The lowest BCUT2D eigenvalue weighted by molar-refractivity contribution is -0.122. The maximum absolute atomic E-state index is 12.8. The fourth-order valence-electron chi connectivity index (χ4n) is 4.84. The normalized spacial score (nSPS) is 24.9. The average Bonchev–Trinajstić information content (AvgIpc) is 2.79. The van der Waals surface area contributed by atoms with Gasteiger partial charge < -0.3 is 15.4 Å². The number of carbonyl (C=O) groups excluding carboxylic acids is 1. The number of anilines is 1. The molecular weight excluding hydrogens is 436 g/mol. The molecule has 2 aromatic rings. The van der Waals surface area contributed by atoms with E-state index in [-0.39, 0.29) is 17.3 Å². The largest absolute Gasteiger partial charge is 0.376 e. The van der Waals surface area contributed by atoms with Crippen LogP contribution in [0.15, 0.2) is 30.5 Å². The molecule has 2 aliphatic heterocycles. The van der Waals surface area contributed by atoms with Crippen molar-refractivity contribution in [3.63, 3.8) is 0 Å². The van der Waals surface area contributed by atoms with E-state index in [1.807, 2.05) is 24.3 Å². The van der Waals surface area contributed by atoms with E-state index in [0.29, 0.717) is 23.4 Å². The summed E-state index contributed by atoms with van der Waals surface area (Å²) >= 11 is 6.48. The van der Waals surface area contributed by atoms with Crippen LogP contribution >= 0.6 is 11.6 Å². The first kappa shape index (κ1) is 24.1. The van der Waals surface area contributed by atoms with Gasteiger partial charge in [0.05, 0.1) is 16.3 Å². The standard InChI is InChI=1S/C26H35ClN4O2/c1-17-7-8-19(15-28-17)24(32)12-20-11-21(22(27)16-29-20)23-5-4-6-25(31-23)30-14-18-9-10-33-26(2,3)13-18/h4-6,11,16-19,28H,7-10,12-15H2,1-3H3,(H,30,31)/t17-,18-,19-/m1/s1. The predicted molar refractivity (Wildman–Crippen MR) is 133 cm³/mol. The molecule has 0 amide bonds. The number of piperidine rings is 1. The minimum Gasteiger partial charge on any atom is -0.376 e. The molecule has 0 saturated carbocycles. The van der Waals surface area contributed by atoms with Gasteiger partial charge in [0.15, 0.2) is 0 Å². The number of hydrogen-bond acceptors (Lipinski definition) is 6. The molecule has 0 aromatic carbocycles. The molecule has 2 fully saturated rings. The van der Waals surface area contributed by atoms with Crippen LogP contribution in [0.25, 0.3) is 11.3 Å². The molecule has 2 N–H and O–H groups in total. The van der Waals surface area contributed by atoms with E-state index in [0.717, 1.165) is 68.1 Å². The van der Waals surface area contributed by atoms with Crippen LogP contribution in [-0.2, 0) is 16.0 Å². The second-order valence-corrected chi connectivity index (χ2v) is 10.5. The number of aromatic nitrogens is 2. The number of ketones is 1. The minimum atomic E-state index is -0.0653. The van der Waals surface area contributed by atoms with Gasteiger partial charge in [-0.15, -0.1) is 0 Å². The third-order valence-corrected chi connectivity index (χ3v) is 7.08. The summed E-state index contributed by atoms with van der Waals surface area (Å²) in [6.07, 6.45) is 6.01. The molecule has 0 unspecified atom stereocenters. The second-order valence-electron chi connectivity index (χ2n) is 10.1. The first-order valence-corrected chi connectivity index (χ1v) is 12.4. The molecular formula is C26H35ClN4O2. The van der Waals surface area contributed by atoms with Crippen molar-refractivity contribution >= 4 is 23.2 Å². The Morgan fingerprint density at radius 2 is 2.15 bits per heavy atom. The lowest BCUT2D eigenvalue weighted by Gasteiger charge is -2.35. The Labute approximate surface area is 201 Å². The number of ether oxygens (including phenoxy) is 1. The van der Waals surface area contributed by atoms with Crippen molar-refractivity contribution in [2.45, 2.75) is 64.5 Å². The number of pyridine rings is 2. The lowest BCUT2D eigenvalue weighted by atomic mass is 9.88. The monoisotopic (exact) mass is 470 g/mol. The van der Waals surface area contributed by atoms with Gasteiger partial charge in [-0.05, 0) is 70.6 Å². The Kier molecular flexibility index (Phi) is 7.67. The van der Waals surface area contributed by atoms with E-state index in [2.05, 4.69) is 36.4 Å². The van der Waals surface area contributed by atoms with Gasteiger partial charge in [0.1, 0.15) is 11.6 Å². The van der Waals surface area contributed by atoms with Gasteiger partial charge >= 0.3 is 0 Å². The Balaban J connectivity index is 1.42. The van der Waals surface area contributed by atoms with E-state index < -0.39 is 0 Å². The molecule has 4 rings (SSSR count). The highest BCUT2D eigenvalue weighted by atomic mass is 35.5. The topological polar surface area (TPSA) is 76.1 Å². The molecule has 178 valence electrons. The summed E-state index contributed by atoms with van der Waals surface area (Å²) in [7, 11) is 0. The number of carbonyl (C=O) groups is 1. The molecule has 4 heterocycles. The third kappa shape index (κ3) is 6.52. The SMILES string of the molecule is C[C@@H]1CC[C@@H](C(=O)Cc2cc(-c3cccc(NC[C@@H]4CCOC(C)(C)C4)n3)c(Cl)cn2)CN1. The average molecular weight is 471 g/mol. The van der Waals surface area contributed by atoms with E-state index in [4.69, 9.17) is 21.3 Å². The number of nitrogens with zero attached hydrogens (tertiary/aromatic N) is 2. The highest BCUT2D eigenvalue weighted by Crippen LogP contribution is 2.30.